The average Bonchev–Trinajstić information content (AvgIpc) is 2.55. The van der Waals surface area contributed by atoms with E-state index in [1.165, 1.54) is 57.8 Å². The lowest BCUT2D eigenvalue weighted by Gasteiger charge is -2.07. The largest absolute Gasteiger partial charge is 0.465 e. The summed E-state index contributed by atoms with van der Waals surface area (Å²) in [7, 11) is 0. The lowest BCUT2D eigenvalue weighted by molar-refractivity contribution is -0.146. The van der Waals surface area contributed by atoms with Crippen LogP contribution in [0.3, 0.4) is 0 Å². The molecule has 0 fully saturated rings. The molecule has 0 aliphatic carbocycles. The van der Waals surface area contributed by atoms with Gasteiger partial charge in [0.1, 0.15) is 5.92 Å². The molecule has 0 saturated heterocycles. The third kappa shape index (κ3) is 14.0. The number of carbonyl (C=O) groups excluding carboxylic acids is 1. The summed E-state index contributed by atoms with van der Waals surface area (Å²) in [6.07, 6.45) is 18.7. The molecule has 1 atom stereocenters. The number of unbranched alkanes of at least 4 members (excludes halogenated alkanes) is 9. The predicted octanol–water partition coefficient (Wildman–Crippen LogP) is 5.95. The van der Waals surface area contributed by atoms with Gasteiger partial charge in [-0.05, 0) is 39.0 Å². The van der Waals surface area contributed by atoms with Gasteiger partial charge in [-0.25, -0.2) is 0 Å². The summed E-state index contributed by atoms with van der Waals surface area (Å²) in [6.45, 7) is 4.36. The van der Waals surface area contributed by atoms with Crippen molar-refractivity contribution in [2.24, 2.45) is 5.92 Å². The van der Waals surface area contributed by atoms with Crippen LogP contribution in [-0.2, 0) is 9.53 Å². The Balaban J connectivity index is 3.39. The van der Waals surface area contributed by atoms with E-state index in [1.807, 2.05) is 6.07 Å². The number of rotatable bonds is 15. The molecule has 0 aromatic carbocycles. The number of hydrogen-bond acceptors (Lipinski definition) is 3. The topological polar surface area (TPSA) is 50.1 Å². The SMILES string of the molecule is CCCCC/C=C\CCCCCCCCC(C#N)C(=O)OCC. The highest BCUT2D eigenvalue weighted by Crippen LogP contribution is 2.14. The summed E-state index contributed by atoms with van der Waals surface area (Å²) in [5, 5.41) is 8.96. The molecule has 0 rings (SSSR count). The molecule has 0 aromatic heterocycles. The number of ether oxygens (including phenoxy) is 1. The summed E-state index contributed by atoms with van der Waals surface area (Å²) < 4.78 is 4.89. The highest BCUT2D eigenvalue weighted by molar-refractivity contribution is 5.75. The van der Waals surface area contributed by atoms with Crippen LogP contribution in [-0.4, -0.2) is 12.6 Å². The van der Waals surface area contributed by atoms with Crippen LogP contribution in [0, 0.1) is 17.2 Å². The second-order valence-corrected chi connectivity index (χ2v) is 6.10. The molecular weight excluding hydrogens is 286 g/mol. The van der Waals surface area contributed by atoms with Gasteiger partial charge in [-0.1, -0.05) is 64.0 Å². The van der Waals surface area contributed by atoms with Crippen molar-refractivity contribution in [1.29, 1.82) is 5.26 Å². The van der Waals surface area contributed by atoms with Gasteiger partial charge < -0.3 is 4.74 Å². The van der Waals surface area contributed by atoms with E-state index in [0.717, 1.165) is 12.8 Å². The summed E-state index contributed by atoms with van der Waals surface area (Å²) in [5.74, 6) is -0.937. The van der Waals surface area contributed by atoms with Crippen molar-refractivity contribution >= 4 is 5.97 Å². The van der Waals surface area contributed by atoms with Crippen molar-refractivity contribution in [2.75, 3.05) is 6.61 Å². The quantitative estimate of drug-likeness (QED) is 0.213. The smallest absolute Gasteiger partial charge is 0.323 e. The van der Waals surface area contributed by atoms with Gasteiger partial charge in [-0.15, -0.1) is 0 Å². The summed E-state index contributed by atoms with van der Waals surface area (Å²) in [4.78, 5) is 11.5. The number of nitriles is 1. The Bertz CT molecular complexity index is 344. The summed E-state index contributed by atoms with van der Waals surface area (Å²) in [6, 6.07) is 2.05. The standard InChI is InChI=1S/C20H35NO2/c1-3-5-6-7-8-9-10-11-12-13-14-15-16-17-19(18-21)20(22)23-4-2/h8-9,19H,3-7,10-17H2,1-2H3/b9-8-. The van der Waals surface area contributed by atoms with E-state index in [1.54, 1.807) is 6.92 Å². The van der Waals surface area contributed by atoms with Crippen molar-refractivity contribution in [2.45, 2.75) is 90.9 Å². The fourth-order valence-electron chi connectivity index (χ4n) is 2.54. The maximum atomic E-state index is 11.5. The highest BCUT2D eigenvalue weighted by atomic mass is 16.5. The third-order valence-electron chi connectivity index (χ3n) is 3.98. The van der Waals surface area contributed by atoms with Crippen molar-refractivity contribution in [1.82, 2.24) is 0 Å². The first-order valence-corrected chi connectivity index (χ1v) is 9.47. The van der Waals surface area contributed by atoms with Gasteiger partial charge >= 0.3 is 5.97 Å². The van der Waals surface area contributed by atoms with Gasteiger partial charge in [0.2, 0.25) is 0 Å². The molecule has 0 aliphatic heterocycles. The van der Waals surface area contributed by atoms with Crippen LogP contribution in [0.2, 0.25) is 0 Å². The normalized spacial score (nSPS) is 12.2. The zero-order chi connectivity index (χ0) is 17.2. The van der Waals surface area contributed by atoms with Crippen molar-refractivity contribution < 1.29 is 9.53 Å². The molecule has 132 valence electrons. The molecule has 0 N–H and O–H groups in total. The number of allylic oxidation sites excluding steroid dienone is 2. The molecule has 23 heavy (non-hydrogen) atoms. The molecule has 0 aromatic rings. The zero-order valence-electron chi connectivity index (χ0n) is 15.2. The van der Waals surface area contributed by atoms with Crippen LogP contribution in [0.4, 0.5) is 0 Å². The molecule has 0 heterocycles. The first-order chi connectivity index (χ1) is 11.3. The molecular formula is C20H35NO2. The summed E-state index contributed by atoms with van der Waals surface area (Å²) >= 11 is 0. The molecule has 0 aliphatic rings. The zero-order valence-corrected chi connectivity index (χ0v) is 15.2. The van der Waals surface area contributed by atoms with Gasteiger partial charge in [0.15, 0.2) is 0 Å². The minimum atomic E-state index is -0.576. The highest BCUT2D eigenvalue weighted by Gasteiger charge is 2.17. The minimum absolute atomic E-state index is 0.351. The van der Waals surface area contributed by atoms with Gasteiger partial charge in [-0.2, -0.15) is 5.26 Å². The van der Waals surface area contributed by atoms with Crippen molar-refractivity contribution in [3.8, 4) is 6.07 Å². The first-order valence-electron chi connectivity index (χ1n) is 9.47. The Hall–Kier alpha value is -1.30. The maximum Gasteiger partial charge on any atom is 0.323 e. The number of esters is 1. The maximum absolute atomic E-state index is 11.5. The molecule has 0 amide bonds. The number of nitrogens with zero attached hydrogens (tertiary/aromatic N) is 1. The van der Waals surface area contributed by atoms with Gasteiger partial charge in [-0.3, -0.25) is 4.79 Å². The molecule has 0 radical (unpaired) electrons. The molecule has 0 saturated carbocycles. The average molecular weight is 322 g/mol. The Morgan fingerprint density at radius 2 is 1.52 bits per heavy atom. The Morgan fingerprint density at radius 1 is 0.957 bits per heavy atom. The third-order valence-corrected chi connectivity index (χ3v) is 3.98. The lowest BCUT2D eigenvalue weighted by atomic mass is 10.0. The van der Waals surface area contributed by atoms with Crippen LogP contribution in [0.5, 0.6) is 0 Å². The first kappa shape index (κ1) is 21.7. The van der Waals surface area contributed by atoms with E-state index in [0.29, 0.717) is 13.0 Å². The number of carbonyl (C=O) groups is 1. The Kier molecular flexibility index (Phi) is 16.1. The van der Waals surface area contributed by atoms with E-state index < -0.39 is 5.92 Å². The molecule has 0 spiro atoms. The second kappa shape index (κ2) is 17.1. The monoisotopic (exact) mass is 321 g/mol. The van der Waals surface area contributed by atoms with Gasteiger partial charge in [0, 0.05) is 0 Å². The number of hydrogen-bond donors (Lipinski definition) is 0. The van der Waals surface area contributed by atoms with Crippen LogP contribution >= 0.6 is 0 Å². The van der Waals surface area contributed by atoms with E-state index in [4.69, 9.17) is 10.00 Å². The Morgan fingerprint density at radius 3 is 2.09 bits per heavy atom. The van der Waals surface area contributed by atoms with Gasteiger partial charge in [0.05, 0.1) is 12.7 Å². The van der Waals surface area contributed by atoms with Crippen molar-refractivity contribution in [3.05, 3.63) is 12.2 Å². The fourth-order valence-corrected chi connectivity index (χ4v) is 2.54. The molecule has 3 nitrogen and oxygen atoms in total. The van der Waals surface area contributed by atoms with E-state index in [9.17, 15) is 4.79 Å². The van der Waals surface area contributed by atoms with Crippen molar-refractivity contribution in [3.63, 3.8) is 0 Å². The predicted molar refractivity (Wildman–Crippen MR) is 96.0 cm³/mol. The van der Waals surface area contributed by atoms with E-state index >= 15 is 0 Å². The van der Waals surface area contributed by atoms with Gasteiger partial charge in [0.25, 0.3) is 0 Å². The fraction of sp³-hybridized carbons (Fsp3) is 0.800. The Labute approximate surface area is 143 Å². The van der Waals surface area contributed by atoms with Crippen LogP contribution < -0.4 is 0 Å². The molecule has 1 unspecified atom stereocenters. The van der Waals surface area contributed by atoms with E-state index in [2.05, 4.69) is 19.1 Å². The van der Waals surface area contributed by atoms with Crippen LogP contribution in [0.1, 0.15) is 90.9 Å². The van der Waals surface area contributed by atoms with E-state index in [-0.39, 0.29) is 5.97 Å². The summed E-state index contributed by atoms with van der Waals surface area (Å²) in [5.41, 5.74) is 0. The van der Waals surface area contributed by atoms with Crippen LogP contribution in [0.25, 0.3) is 0 Å². The molecule has 0 bridgehead atoms. The molecule has 3 heteroatoms. The lowest BCUT2D eigenvalue weighted by Crippen LogP contribution is -2.16. The minimum Gasteiger partial charge on any atom is -0.465 e. The second-order valence-electron chi connectivity index (χ2n) is 6.10. The van der Waals surface area contributed by atoms with Crippen LogP contribution in [0.15, 0.2) is 12.2 Å².